The van der Waals surface area contributed by atoms with Crippen molar-refractivity contribution in [2.75, 3.05) is 6.54 Å². The van der Waals surface area contributed by atoms with Crippen LogP contribution in [0.4, 0.5) is 0 Å². The third-order valence-electron chi connectivity index (χ3n) is 5.82. The number of amides is 1. The first kappa shape index (κ1) is 17.8. The maximum atomic E-state index is 13.3. The predicted molar refractivity (Wildman–Crippen MR) is 116 cm³/mol. The van der Waals surface area contributed by atoms with Crippen molar-refractivity contribution in [2.45, 2.75) is 19.9 Å². The van der Waals surface area contributed by atoms with Crippen molar-refractivity contribution in [1.82, 2.24) is 24.7 Å². The van der Waals surface area contributed by atoms with Crippen LogP contribution in [0.5, 0.6) is 0 Å². The third kappa shape index (κ3) is 2.89. The molecule has 0 saturated carbocycles. The second-order valence-corrected chi connectivity index (χ2v) is 7.87. The van der Waals surface area contributed by atoms with Crippen LogP contribution in [0, 0.1) is 6.92 Å². The average Bonchev–Trinajstić information content (AvgIpc) is 3.41. The molecule has 0 aliphatic carbocycles. The number of fused-ring (bicyclic) bond motifs is 4. The zero-order valence-electron chi connectivity index (χ0n) is 16.9. The number of carbonyl (C=O) groups excluding carboxylic acids is 1. The van der Waals surface area contributed by atoms with E-state index in [9.17, 15) is 4.79 Å². The van der Waals surface area contributed by atoms with Crippen molar-refractivity contribution in [3.8, 4) is 11.3 Å². The molecule has 0 N–H and O–H groups in total. The molecule has 1 amide bonds. The van der Waals surface area contributed by atoms with Gasteiger partial charge < -0.3 is 9.42 Å². The van der Waals surface area contributed by atoms with Gasteiger partial charge in [0.15, 0.2) is 11.4 Å². The van der Waals surface area contributed by atoms with Gasteiger partial charge in [-0.2, -0.15) is 5.10 Å². The Morgan fingerprint density at radius 2 is 1.97 bits per heavy atom. The van der Waals surface area contributed by atoms with Crippen LogP contribution in [-0.4, -0.2) is 37.1 Å². The van der Waals surface area contributed by atoms with Crippen LogP contribution in [0.25, 0.3) is 27.9 Å². The quantitative estimate of drug-likeness (QED) is 0.440. The highest BCUT2D eigenvalue weighted by atomic mass is 16.5. The van der Waals surface area contributed by atoms with Gasteiger partial charge in [-0.25, -0.2) is 9.50 Å². The molecular weight excluding hydrogens is 390 g/mol. The Bertz CT molecular complexity index is 1450. The third-order valence-corrected chi connectivity index (χ3v) is 5.82. The number of benzene rings is 2. The fourth-order valence-corrected chi connectivity index (χ4v) is 4.28. The zero-order valence-corrected chi connectivity index (χ0v) is 16.9. The number of aromatic nitrogens is 4. The summed E-state index contributed by atoms with van der Waals surface area (Å²) in [7, 11) is 0. The van der Waals surface area contributed by atoms with E-state index in [1.165, 1.54) is 0 Å². The molecule has 1 aliphatic rings. The molecule has 152 valence electrons. The van der Waals surface area contributed by atoms with Crippen molar-refractivity contribution < 1.29 is 9.32 Å². The number of carbonyl (C=O) groups is 1. The second kappa shape index (κ2) is 6.77. The van der Waals surface area contributed by atoms with Crippen LogP contribution in [-0.2, 0) is 13.0 Å². The van der Waals surface area contributed by atoms with E-state index in [-0.39, 0.29) is 5.91 Å². The first-order valence-corrected chi connectivity index (χ1v) is 10.2. The normalized spacial score (nSPS) is 13.6. The minimum Gasteiger partial charge on any atom is -0.355 e. The summed E-state index contributed by atoms with van der Waals surface area (Å²) in [5.74, 6) is 0.666. The summed E-state index contributed by atoms with van der Waals surface area (Å²) in [6.45, 7) is 3.12. The van der Waals surface area contributed by atoms with Crippen LogP contribution in [0.3, 0.4) is 0 Å². The Morgan fingerprint density at radius 3 is 2.84 bits per heavy atom. The Kier molecular flexibility index (Phi) is 3.89. The van der Waals surface area contributed by atoms with E-state index in [2.05, 4.69) is 15.2 Å². The van der Waals surface area contributed by atoms with Crippen LogP contribution >= 0.6 is 0 Å². The SMILES string of the molecule is Cc1cc2ncc3c(n2n1)CCN(C(=O)c1ccc2noc(-c4ccccc4)c2c1)C3. The first-order chi connectivity index (χ1) is 15.2. The molecular formula is C24H19N5O2. The maximum absolute atomic E-state index is 13.3. The zero-order chi connectivity index (χ0) is 20.9. The van der Waals surface area contributed by atoms with E-state index >= 15 is 0 Å². The highest BCUT2D eigenvalue weighted by Gasteiger charge is 2.25. The van der Waals surface area contributed by atoms with Crippen LogP contribution in [0.2, 0.25) is 0 Å². The standard InChI is InChI=1S/C24H19N5O2/c1-15-11-22-25-13-18-14-28(10-9-21(18)29(22)26-15)24(30)17-7-8-20-19(12-17)23(31-27-20)16-5-3-2-4-6-16/h2-8,11-13H,9-10,14H2,1H3. The molecule has 3 aromatic heterocycles. The molecule has 0 unspecified atom stereocenters. The summed E-state index contributed by atoms with van der Waals surface area (Å²) in [5, 5.41) is 9.54. The van der Waals surface area contributed by atoms with Crippen molar-refractivity contribution >= 4 is 22.5 Å². The van der Waals surface area contributed by atoms with Gasteiger partial charge in [-0.15, -0.1) is 0 Å². The number of aryl methyl sites for hydroxylation is 1. The van der Waals surface area contributed by atoms with E-state index < -0.39 is 0 Å². The molecule has 7 nitrogen and oxygen atoms in total. The summed E-state index contributed by atoms with van der Waals surface area (Å²) in [5.41, 5.74) is 6.25. The summed E-state index contributed by atoms with van der Waals surface area (Å²) in [4.78, 5) is 19.7. The molecule has 0 atom stereocenters. The van der Waals surface area contributed by atoms with Crippen LogP contribution < -0.4 is 0 Å². The van der Waals surface area contributed by atoms with Gasteiger partial charge in [-0.1, -0.05) is 35.5 Å². The minimum atomic E-state index is -0.00972. The van der Waals surface area contributed by atoms with E-state index in [4.69, 9.17) is 4.52 Å². The largest absolute Gasteiger partial charge is 0.355 e. The molecule has 0 radical (unpaired) electrons. The highest BCUT2D eigenvalue weighted by Crippen LogP contribution is 2.30. The number of nitrogens with zero attached hydrogens (tertiary/aromatic N) is 5. The Balaban J connectivity index is 1.34. The molecule has 0 fully saturated rings. The van der Waals surface area contributed by atoms with Gasteiger partial charge in [0, 0.05) is 48.5 Å². The first-order valence-electron chi connectivity index (χ1n) is 10.2. The predicted octanol–water partition coefficient (Wildman–Crippen LogP) is 4.04. The van der Waals surface area contributed by atoms with Gasteiger partial charge in [0.2, 0.25) is 0 Å². The molecule has 0 spiro atoms. The Hall–Kier alpha value is -4.00. The molecule has 0 bridgehead atoms. The molecule has 6 rings (SSSR count). The van der Waals surface area contributed by atoms with E-state index in [0.29, 0.717) is 24.4 Å². The van der Waals surface area contributed by atoms with Crippen molar-refractivity contribution in [3.63, 3.8) is 0 Å². The summed E-state index contributed by atoms with van der Waals surface area (Å²) in [6, 6.07) is 17.3. The molecule has 0 saturated heterocycles. The number of rotatable bonds is 2. The van der Waals surface area contributed by atoms with Gasteiger partial charge in [-0.05, 0) is 25.1 Å². The van der Waals surface area contributed by atoms with Gasteiger partial charge in [-0.3, -0.25) is 4.79 Å². The fourth-order valence-electron chi connectivity index (χ4n) is 4.28. The lowest BCUT2D eigenvalue weighted by Gasteiger charge is -2.28. The van der Waals surface area contributed by atoms with E-state index in [0.717, 1.165) is 45.5 Å². The number of hydrogen-bond acceptors (Lipinski definition) is 5. The monoisotopic (exact) mass is 409 g/mol. The Labute approximate surface area is 177 Å². The topological polar surface area (TPSA) is 76.5 Å². The van der Waals surface area contributed by atoms with E-state index in [1.807, 2.05) is 77.1 Å². The molecule has 4 heterocycles. The van der Waals surface area contributed by atoms with Gasteiger partial charge in [0.05, 0.1) is 16.8 Å². The summed E-state index contributed by atoms with van der Waals surface area (Å²) >= 11 is 0. The average molecular weight is 409 g/mol. The molecule has 7 heteroatoms. The van der Waals surface area contributed by atoms with Crippen molar-refractivity contribution in [1.29, 1.82) is 0 Å². The highest BCUT2D eigenvalue weighted by molar-refractivity contribution is 6.01. The smallest absolute Gasteiger partial charge is 0.254 e. The Morgan fingerprint density at radius 1 is 1.10 bits per heavy atom. The van der Waals surface area contributed by atoms with Crippen molar-refractivity contribution in [2.24, 2.45) is 0 Å². The molecule has 5 aromatic rings. The van der Waals surface area contributed by atoms with Crippen LogP contribution in [0.15, 0.2) is 65.3 Å². The second-order valence-electron chi connectivity index (χ2n) is 7.87. The minimum absolute atomic E-state index is 0.00972. The molecule has 2 aromatic carbocycles. The lowest BCUT2D eigenvalue weighted by Crippen LogP contribution is -2.37. The molecule has 1 aliphatic heterocycles. The van der Waals surface area contributed by atoms with Crippen molar-refractivity contribution in [3.05, 3.63) is 83.3 Å². The maximum Gasteiger partial charge on any atom is 0.254 e. The van der Waals surface area contributed by atoms with Gasteiger partial charge >= 0.3 is 0 Å². The van der Waals surface area contributed by atoms with Gasteiger partial charge in [0.1, 0.15) is 5.52 Å². The molecule has 31 heavy (non-hydrogen) atoms. The lowest BCUT2D eigenvalue weighted by atomic mass is 10.0. The summed E-state index contributed by atoms with van der Waals surface area (Å²) < 4.78 is 7.48. The lowest BCUT2D eigenvalue weighted by molar-refractivity contribution is 0.0733. The summed E-state index contributed by atoms with van der Waals surface area (Å²) in [6.07, 6.45) is 2.61. The number of hydrogen-bond donors (Lipinski definition) is 0. The van der Waals surface area contributed by atoms with E-state index in [1.54, 1.807) is 0 Å². The van der Waals surface area contributed by atoms with Gasteiger partial charge in [0.25, 0.3) is 5.91 Å². The fraction of sp³-hybridized carbons (Fsp3) is 0.167. The van der Waals surface area contributed by atoms with Crippen LogP contribution in [0.1, 0.15) is 27.3 Å².